The van der Waals surface area contributed by atoms with Crippen molar-refractivity contribution < 1.29 is 9.53 Å². The second-order valence-corrected chi connectivity index (χ2v) is 6.24. The number of amidine groups is 1. The average Bonchev–Trinajstić information content (AvgIpc) is 3.11. The van der Waals surface area contributed by atoms with Crippen LogP contribution < -0.4 is 10.1 Å². The Hall–Kier alpha value is -1.75. The topological polar surface area (TPSA) is 50.7 Å². The molecule has 0 aromatic heterocycles. The minimum Gasteiger partial charge on any atom is -0.497 e. The highest BCUT2D eigenvalue weighted by atomic mass is 32.2. The van der Waals surface area contributed by atoms with Gasteiger partial charge in [0.25, 0.3) is 5.91 Å². The zero-order chi connectivity index (χ0) is 14.7. The number of nitrogens with one attached hydrogen (secondary N) is 1. The van der Waals surface area contributed by atoms with Crippen molar-refractivity contribution in [2.24, 2.45) is 4.99 Å². The number of rotatable bonds is 3. The molecule has 4 nitrogen and oxygen atoms in total. The smallest absolute Gasteiger partial charge is 0.264 e. The molecule has 0 bridgehead atoms. The quantitative estimate of drug-likeness (QED) is 0.872. The predicted octanol–water partition coefficient (Wildman–Crippen LogP) is 3.20. The third-order valence-corrected chi connectivity index (χ3v) is 4.61. The molecule has 1 amide bonds. The van der Waals surface area contributed by atoms with Crippen molar-refractivity contribution in [1.29, 1.82) is 0 Å². The predicted molar refractivity (Wildman–Crippen MR) is 86.4 cm³/mol. The zero-order valence-electron chi connectivity index (χ0n) is 12.0. The summed E-state index contributed by atoms with van der Waals surface area (Å²) >= 11 is 1.43. The summed E-state index contributed by atoms with van der Waals surface area (Å²) in [6.07, 6.45) is 6.65. The van der Waals surface area contributed by atoms with E-state index >= 15 is 0 Å². The van der Waals surface area contributed by atoms with Crippen LogP contribution in [-0.4, -0.2) is 24.2 Å². The van der Waals surface area contributed by atoms with Gasteiger partial charge in [-0.25, -0.2) is 0 Å². The Morgan fingerprint density at radius 2 is 2.00 bits per heavy atom. The molecule has 2 fully saturated rings. The number of hydrogen-bond acceptors (Lipinski definition) is 4. The Morgan fingerprint density at radius 1 is 1.29 bits per heavy atom. The third-order valence-electron chi connectivity index (χ3n) is 3.69. The minimum atomic E-state index is -0.0624. The number of methoxy groups -OCH3 is 1. The van der Waals surface area contributed by atoms with Crippen LogP contribution in [-0.2, 0) is 4.79 Å². The van der Waals surface area contributed by atoms with Gasteiger partial charge in [0.2, 0.25) is 0 Å². The summed E-state index contributed by atoms with van der Waals surface area (Å²) in [7, 11) is 1.64. The standard InChI is InChI=1S/C16H18N2O2S/c1-20-13-8-6-11(7-9-13)10-14-15(19)18-16(21-14)17-12-4-2-3-5-12/h6-10,12H,2-5H2,1H3,(H,17,18,19). The van der Waals surface area contributed by atoms with Crippen molar-refractivity contribution in [3.05, 3.63) is 34.7 Å². The molecule has 1 N–H and O–H groups in total. The van der Waals surface area contributed by atoms with Gasteiger partial charge in [-0.3, -0.25) is 9.79 Å². The summed E-state index contributed by atoms with van der Waals surface area (Å²) in [5.74, 6) is 0.747. The van der Waals surface area contributed by atoms with E-state index in [9.17, 15) is 4.79 Å². The van der Waals surface area contributed by atoms with Gasteiger partial charge >= 0.3 is 0 Å². The highest BCUT2D eigenvalue weighted by Crippen LogP contribution is 2.29. The second-order valence-electron chi connectivity index (χ2n) is 5.21. The summed E-state index contributed by atoms with van der Waals surface area (Å²) < 4.78 is 5.13. The number of aliphatic imine (C=N–C) groups is 1. The van der Waals surface area contributed by atoms with Crippen molar-refractivity contribution in [1.82, 2.24) is 5.32 Å². The Kier molecular flexibility index (Phi) is 4.29. The van der Waals surface area contributed by atoms with E-state index in [2.05, 4.69) is 10.3 Å². The molecule has 5 heteroatoms. The fraction of sp³-hybridized carbons (Fsp3) is 0.375. The van der Waals surface area contributed by atoms with Crippen LogP contribution in [0.3, 0.4) is 0 Å². The Bertz CT molecular complexity index is 587. The first-order valence-electron chi connectivity index (χ1n) is 7.17. The molecule has 1 aromatic carbocycles. The summed E-state index contributed by atoms with van der Waals surface area (Å²) in [6, 6.07) is 8.03. The number of thioether (sulfide) groups is 1. The maximum Gasteiger partial charge on any atom is 0.264 e. The van der Waals surface area contributed by atoms with Gasteiger partial charge in [0.05, 0.1) is 18.1 Å². The number of ether oxygens (including phenoxy) is 1. The number of amides is 1. The van der Waals surface area contributed by atoms with E-state index in [1.165, 1.54) is 24.6 Å². The maximum absolute atomic E-state index is 12.0. The van der Waals surface area contributed by atoms with E-state index in [0.717, 1.165) is 29.3 Å². The van der Waals surface area contributed by atoms with Crippen LogP contribution in [0.15, 0.2) is 34.2 Å². The van der Waals surface area contributed by atoms with Gasteiger partial charge in [-0.1, -0.05) is 25.0 Å². The van der Waals surface area contributed by atoms with Crippen LogP contribution in [0.1, 0.15) is 31.2 Å². The monoisotopic (exact) mass is 302 g/mol. The molecule has 0 unspecified atom stereocenters. The summed E-state index contributed by atoms with van der Waals surface area (Å²) in [5, 5.41) is 3.60. The molecule has 1 aliphatic heterocycles. The molecule has 2 aliphatic rings. The molecular formula is C16H18N2O2S. The molecule has 0 atom stereocenters. The molecule has 3 rings (SSSR count). The maximum atomic E-state index is 12.0. The molecule has 1 aromatic rings. The van der Waals surface area contributed by atoms with Crippen molar-refractivity contribution in [2.75, 3.05) is 7.11 Å². The van der Waals surface area contributed by atoms with E-state index in [0.29, 0.717) is 10.9 Å². The van der Waals surface area contributed by atoms with Gasteiger partial charge < -0.3 is 10.1 Å². The van der Waals surface area contributed by atoms with Crippen LogP contribution in [0.25, 0.3) is 6.08 Å². The van der Waals surface area contributed by atoms with Crippen molar-refractivity contribution in [3.8, 4) is 5.75 Å². The van der Waals surface area contributed by atoms with Crippen molar-refractivity contribution in [3.63, 3.8) is 0 Å². The molecule has 21 heavy (non-hydrogen) atoms. The van der Waals surface area contributed by atoms with Gasteiger partial charge in [-0.2, -0.15) is 0 Å². The largest absolute Gasteiger partial charge is 0.497 e. The molecule has 1 saturated carbocycles. The number of nitrogens with zero attached hydrogens (tertiary/aromatic N) is 1. The minimum absolute atomic E-state index is 0.0624. The van der Waals surface area contributed by atoms with E-state index in [1.54, 1.807) is 7.11 Å². The highest BCUT2D eigenvalue weighted by Gasteiger charge is 2.25. The zero-order valence-corrected chi connectivity index (χ0v) is 12.8. The van der Waals surface area contributed by atoms with Crippen LogP contribution in [0.5, 0.6) is 5.75 Å². The normalized spacial score (nSPS) is 23.0. The van der Waals surface area contributed by atoms with Crippen molar-refractivity contribution >= 4 is 28.9 Å². The van der Waals surface area contributed by atoms with E-state index < -0.39 is 0 Å². The fourth-order valence-corrected chi connectivity index (χ4v) is 3.43. The van der Waals surface area contributed by atoms with Gasteiger partial charge in [-0.05, 0) is 48.4 Å². The van der Waals surface area contributed by atoms with Crippen LogP contribution in [0, 0.1) is 0 Å². The van der Waals surface area contributed by atoms with Gasteiger partial charge in [0.1, 0.15) is 5.75 Å². The lowest BCUT2D eigenvalue weighted by Gasteiger charge is -2.02. The Morgan fingerprint density at radius 3 is 2.67 bits per heavy atom. The molecule has 1 saturated heterocycles. The molecule has 1 heterocycles. The number of carbonyl (C=O) groups excluding carboxylic acids is 1. The third kappa shape index (κ3) is 3.47. The van der Waals surface area contributed by atoms with Crippen LogP contribution in [0.4, 0.5) is 0 Å². The number of carbonyl (C=O) groups is 1. The second kappa shape index (κ2) is 6.35. The molecular weight excluding hydrogens is 284 g/mol. The van der Waals surface area contributed by atoms with Gasteiger partial charge in [0.15, 0.2) is 5.17 Å². The van der Waals surface area contributed by atoms with Gasteiger partial charge in [-0.15, -0.1) is 0 Å². The Balaban J connectivity index is 1.72. The molecule has 110 valence electrons. The van der Waals surface area contributed by atoms with E-state index in [-0.39, 0.29) is 5.91 Å². The number of hydrogen-bond donors (Lipinski definition) is 1. The average molecular weight is 302 g/mol. The van der Waals surface area contributed by atoms with Crippen LogP contribution in [0.2, 0.25) is 0 Å². The van der Waals surface area contributed by atoms with Crippen LogP contribution >= 0.6 is 11.8 Å². The van der Waals surface area contributed by atoms with E-state index in [4.69, 9.17) is 4.74 Å². The summed E-state index contributed by atoms with van der Waals surface area (Å²) in [4.78, 5) is 17.3. The lowest BCUT2D eigenvalue weighted by atomic mass is 10.2. The fourth-order valence-electron chi connectivity index (χ4n) is 2.54. The summed E-state index contributed by atoms with van der Waals surface area (Å²) in [5.41, 5.74) is 0.982. The lowest BCUT2D eigenvalue weighted by Crippen LogP contribution is -2.21. The van der Waals surface area contributed by atoms with Crippen molar-refractivity contribution in [2.45, 2.75) is 31.7 Å². The highest BCUT2D eigenvalue weighted by molar-refractivity contribution is 8.18. The molecule has 1 aliphatic carbocycles. The first kappa shape index (κ1) is 14.2. The van der Waals surface area contributed by atoms with E-state index in [1.807, 2.05) is 30.3 Å². The first-order chi connectivity index (χ1) is 10.2. The Labute approximate surface area is 128 Å². The molecule has 0 radical (unpaired) electrons. The summed E-state index contributed by atoms with van der Waals surface area (Å²) in [6.45, 7) is 0. The lowest BCUT2D eigenvalue weighted by molar-refractivity contribution is -0.115. The number of benzene rings is 1. The van der Waals surface area contributed by atoms with Gasteiger partial charge in [0, 0.05) is 0 Å². The SMILES string of the molecule is COc1ccc(C=C2SC(=NC3CCCC3)NC2=O)cc1. The first-order valence-corrected chi connectivity index (χ1v) is 7.99. The molecule has 0 spiro atoms.